The predicted octanol–water partition coefficient (Wildman–Crippen LogP) is 7.86. The minimum absolute atomic E-state index is 0.165. The molecule has 0 spiro atoms. The molecule has 1 fully saturated rings. The second kappa shape index (κ2) is 10.6. The quantitative estimate of drug-likeness (QED) is 0.206. The predicted molar refractivity (Wildman–Crippen MR) is 146 cm³/mol. The van der Waals surface area contributed by atoms with Crippen LogP contribution in [0.15, 0.2) is 74.5 Å². The highest BCUT2D eigenvalue weighted by molar-refractivity contribution is 9.11. The van der Waals surface area contributed by atoms with Crippen LogP contribution in [0.5, 0.6) is 11.5 Å². The molecule has 0 N–H and O–H groups in total. The topological polar surface area (TPSA) is 38.8 Å². The van der Waals surface area contributed by atoms with E-state index in [-0.39, 0.29) is 5.91 Å². The van der Waals surface area contributed by atoms with Crippen LogP contribution < -0.4 is 14.4 Å². The molecule has 3 aromatic carbocycles. The van der Waals surface area contributed by atoms with E-state index < -0.39 is 0 Å². The average molecular weight is 626 g/mol. The molecule has 0 aromatic heterocycles. The van der Waals surface area contributed by atoms with Gasteiger partial charge in [0.2, 0.25) is 0 Å². The van der Waals surface area contributed by atoms with Crippen molar-refractivity contribution < 1.29 is 14.3 Å². The van der Waals surface area contributed by atoms with Crippen LogP contribution in [0, 0.1) is 0 Å². The molecule has 4 nitrogen and oxygen atoms in total. The first-order chi connectivity index (χ1) is 15.9. The van der Waals surface area contributed by atoms with E-state index in [9.17, 15) is 4.79 Å². The number of hydrogen-bond donors (Lipinski definition) is 0. The third-order valence-corrected chi connectivity index (χ3v) is 7.62. The van der Waals surface area contributed by atoms with Gasteiger partial charge in [-0.15, -0.1) is 0 Å². The zero-order chi connectivity index (χ0) is 23.5. The van der Waals surface area contributed by atoms with Gasteiger partial charge in [0.15, 0.2) is 4.32 Å². The lowest BCUT2D eigenvalue weighted by Gasteiger charge is -2.14. The summed E-state index contributed by atoms with van der Waals surface area (Å²) in [6.07, 6.45) is 1.82. The first-order valence-electron chi connectivity index (χ1n) is 9.64. The smallest absolute Gasteiger partial charge is 0.270 e. The molecule has 1 amide bonds. The normalized spacial score (nSPS) is 14.8. The third kappa shape index (κ3) is 5.46. The number of thiocarbonyl (C=S) groups is 1. The molecule has 3 aromatic rings. The summed E-state index contributed by atoms with van der Waals surface area (Å²) in [5.74, 6) is 1.20. The van der Waals surface area contributed by atoms with E-state index in [1.165, 1.54) is 16.7 Å². The number of hydrogen-bond acceptors (Lipinski definition) is 5. The first-order valence-corrected chi connectivity index (χ1v) is 12.8. The molecule has 0 saturated carbocycles. The molecule has 1 saturated heterocycles. The first kappa shape index (κ1) is 24.3. The van der Waals surface area contributed by atoms with Crippen LogP contribution in [0.25, 0.3) is 6.08 Å². The van der Waals surface area contributed by atoms with Gasteiger partial charge in [-0.25, -0.2) is 0 Å². The van der Waals surface area contributed by atoms with Crippen LogP contribution in [-0.4, -0.2) is 17.3 Å². The molecule has 9 heteroatoms. The van der Waals surface area contributed by atoms with Crippen molar-refractivity contribution in [2.75, 3.05) is 12.0 Å². The SMILES string of the molecule is COc1ccc(N2C(=O)/C(=C/c3cc(Br)c(OCc4ccccc4Cl)c(Br)c3)SC2=S)cc1. The second-order valence-corrected chi connectivity index (χ2v) is 10.7. The average Bonchev–Trinajstić information content (AvgIpc) is 3.07. The number of halogens is 3. The molecular formula is C24H16Br2ClNO3S2. The highest BCUT2D eigenvalue weighted by Gasteiger charge is 2.33. The Labute approximate surface area is 223 Å². The van der Waals surface area contributed by atoms with Crippen molar-refractivity contribution in [1.29, 1.82) is 0 Å². The number of nitrogens with zero attached hydrogens (tertiary/aromatic N) is 1. The molecule has 0 unspecified atom stereocenters. The number of methoxy groups -OCH3 is 1. The van der Waals surface area contributed by atoms with Gasteiger partial charge >= 0.3 is 0 Å². The number of benzene rings is 3. The minimum Gasteiger partial charge on any atom is -0.497 e. The van der Waals surface area contributed by atoms with Crippen molar-refractivity contribution in [3.63, 3.8) is 0 Å². The fourth-order valence-corrected chi connectivity index (χ4v) is 6.08. The Morgan fingerprint density at radius 3 is 2.39 bits per heavy atom. The van der Waals surface area contributed by atoms with E-state index in [0.29, 0.717) is 38.0 Å². The number of anilines is 1. The zero-order valence-corrected chi connectivity index (χ0v) is 22.7. The van der Waals surface area contributed by atoms with Gasteiger partial charge in [-0.05, 0) is 86.0 Å². The van der Waals surface area contributed by atoms with E-state index >= 15 is 0 Å². The molecule has 1 aliphatic heterocycles. The summed E-state index contributed by atoms with van der Waals surface area (Å²) in [7, 11) is 1.60. The van der Waals surface area contributed by atoms with Gasteiger partial charge in [0.25, 0.3) is 5.91 Å². The maximum absolute atomic E-state index is 13.1. The third-order valence-electron chi connectivity index (χ3n) is 4.77. The van der Waals surface area contributed by atoms with Gasteiger partial charge in [-0.2, -0.15) is 0 Å². The van der Waals surface area contributed by atoms with Gasteiger partial charge in [0.1, 0.15) is 18.1 Å². The van der Waals surface area contributed by atoms with Crippen LogP contribution in [-0.2, 0) is 11.4 Å². The Kier molecular flexibility index (Phi) is 7.81. The zero-order valence-electron chi connectivity index (χ0n) is 17.2. The highest BCUT2D eigenvalue weighted by Crippen LogP contribution is 2.39. The van der Waals surface area contributed by atoms with Crippen LogP contribution in [0.3, 0.4) is 0 Å². The van der Waals surface area contributed by atoms with Crippen molar-refractivity contribution in [2.45, 2.75) is 6.61 Å². The summed E-state index contributed by atoms with van der Waals surface area (Å²) in [6.45, 7) is 0.330. The Morgan fingerprint density at radius 1 is 1.09 bits per heavy atom. The van der Waals surface area contributed by atoms with E-state index in [1.807, 2.05) is 54.6 Å². The summed E-state index contributed by atoms with van der Waals surface area (Å²) in [4.78, 5) is 15.1. The van der Waals surface area contributed by atoms with Crippen molar-refractivity contribution in [2.24, 2.45) is 0 Å². The fraction of sp³-hybridized carbons (Fsp3) is 0.0833. The number of carbonyl (C=O) groups excluding carboxylic acids is 1. The molecule has 1 aliphatic rings. The van der Waals surface area contributed by atoms with Crippen LogP contribution in [0.1, 0.15) is 11.1 Å². The fourth-order valence-electron chi connectivity index (χ4n) is 3.14. The van der Waals surface area contributed by atoms with E-state index in [2.05, 4.69) is 31.9 Å². The van der Waals surface area contributed by atoms with Crippen molar-refractivity contribution in [1.82, 2.24) is 0 Å². The molecular weight excluding hydrogens is 610 g/mol. The van der Waals surface area contributed by atoms with E-state index in [4.69, 9.17) is 33.3 Å². The van der Waals surface area contributed by atoms with E-state index in [0.717, 1.165) is 20.1 Å². The number of carbonyl (C=O) groups is 1. The molecule has 33 heavy (non-hydrogen) atoms. The minimum atomic E-state index is -0.165. The number of thioether (sulfide) groups is 1. The number of rotatable bonds is 6. The largest absolute Gasteiger partial charge is 0.497 e. The highest BCUT2D eigenvalue weighted by atomic mass is 79.9. The van der Waals surface area contributed by atoms with Crippen molar-refractivity contribution >= 4 is 89.4 Å². The monoisotopic (exact) mass is 623 g/mol. The molecule has 0 bridgehead atoms. The van der Waals surface area contributed by atoms with Gasteiger partial charge in [0, 0.05) is 10.6 Å². The lowest BCUT2D eigenvalue weighted by atomic mass is 10.2. The molecule has 1 heterocycles. The van der Waals surface area contributed by atoms with E-state index in [1.54, 1.807) is 19.2 Å². The summed E-state index contributed by atoms with van der Waals surface area (Å²) in [6, 6.07) is 18.6. The van der Waals surface area contributed by atoms with Crippen LogP contribution in [0.2, 0.25) is 5.02 Å². The molecule has 0 radical (unpaired) electrons. The Balaban J connectivity index is 1.54. The molecule has 0 aliphatic carbocycles. The molecule has 4 rings (SSSR count). The Bertz CT molecular complexity index is 1240. The Hall–Kier alpha value is -1.84. The summed E-state index contributed by atoms with van der Waals surface area (Å²) in [5.41, 5.74) is 2.42. The van der Waals surface area contributed by atoms with Gasteiger partial charge in [-0.3, -0.25) is 9.69 Å². The van der Waals surface area contributed by atoms with Gasteiger partial charge < -0.3 is 9.47 Å². The molecule has 168 valence electrons. The second-order valence-electron chi connectivity index (χ2n) is 6.91. The maximum atomic E-state index is 13.1. The maximum Gasteiger partial charge on any atom is 0.270 e. The van der Waals surface area contributed by atoms with Gasteiger partial charge in [-0.1, -0.05) is 53.8 Å². The lowest BCUT2D eigenvalue weighted by molar-refractivity contribution is -0.113. The van der Waals surface area contributed by atoms with Gasteiger partial charge in [0.05, 0.1) is 26.6 Å². The summed E-state index contributed by atoms with van der Waals surface area (Å²) in [5, 5.41) is 0.653. The standard InChI is InChI=1S/C24H16Br2ClNO3S2/c1-30-17-8-6-16(7-9-17)28-23(29)21(33-24(28)32)12-14-10-18(25)22(19(26)11-14)31-13-15-4-2-3-5-20(15)27/h2-12H,13H2,1H3/b21-12-. The number of ether oxygens (including phenoxy) is 2. The lowest BCUT2D eigenvalue weighted by Crippen LogP contribution is -2.27. The Morgan fingerprint density at radius 2 is 1.76 bits per heavy atom. The van der Waals surface area contributed by atoms with Crippen LogP contribution >= 0.6 is 67.4 Å². The van der Waals surface area contributed by atoms with Crippen molar-refractivity contribution in [3.05, 3.63) is 90.7 Å². The number of amides is 1. The summed E-state index contributed by atoms with van der Waals surface area (Å²) < 4.78 is 13.2. The van der Waals surface area contributed by atoms with Crippen LogP contribution in [0.4, 0.5) is 5.69 Å². The van der Waals surface area contributed by atoms with Crippen molar-refractivity contribution in [3.8, 4) is 11.5 Å². The molecule has 0 atom stereocenters. The summed E-state index contributed by atoms with van der Waals surface area (Å²) >= 11 is 20.1.